The highest BCUT2D eigenvalue weighted by atomic mass is 32.2. The van der Waals surface area contributed by atoms with Gasteiger partial charge in [-0.1, -0.05) is 0 Å². The van der Waals surface area contributed by atoms with Gasteiger partial charge in [-0.2, -0.15) is 0 Å². The lowest BCUT2D eigenvalue weighted by Gasteiger charge is -2.10. The van der Waals surface area contributed by atoms with E-state index in [0.717, 1.165) is 6.26 Å². The summed E-state index contributed by atoms with van der Waals surface area (Å²) in [5.74, 6) is 0.531. The molecule has 0 aromatic heterocycles. The molecule has 74 valence electrons. The van der Waals surface area contributed by atoms with Crippen LogP contribution in [0.1, 0.15) is 13.3 Å². The fourth-order valence-corrected chi connectivity index (χ4v) is 2.30. The average molecular weight is 213 g/mol. The first-order valence-corrected chi connectivity index (χ1v) is 7.20. The normalized spacial score (nSPS) is 17.2. The summed E-state index contributed by atoms with van der Waals surface area (Å²) in [4.78, 5) is 0. The minimum atomic E-state index is -3.12. The molecule has 0 aliphatic carbocycles. The van der Waals surface area contributed by atoms with E-state index in [9.17, 15) is 12.6 Å². The fraction of sp³-hybridized carbons (Fsp3) is 1.00. The van der Waals surface area contributed by atoms with Gasteiger partial charge in [-0.05, 0) is 13.3 Å². The quantitative estimate of drug-likeness (QED) is 0.681. The molecule has 2 atom stereocenters. The van der Waals surface area contributed by atoms with Crippen molar-refractivity contribution in [3.8, 4) is 0 Å². The molecule has 0 aromatic carbocycles. The Kier molecular flexibility index (Phi) is 4.96. The van der Waals surface area contributed by atoms with Gasteiger partial charge in [0.1, 0.15) is 0 Å². The van der Waals surface area contributed by atoms with Crippen molar-refractivity contribution in [2.75, 3.05) is 18.3 Å². The molecule has 0 aliphatic heterocycles. The van der Waals surface area contributed by atoms with E-state index in [1.165, 1.54) is 0 Å². The van der Waals surface area contributed by atoms with Crippen LogP contribution in [-0.2, 0) is 20.8 Å². The molecule has 0 saturated heterocycles. The summed E-state index contributed by atoms with van der Waals surface area (Å²) < 4.78 is 34.5. The third-order valence-corrected chi connectivity index (χ3v) is 2.89. The van der Waals surface area contributed by atoms with E-state index in [2.05, 4.69) is 4.72 Å². The van der Waals surface area contributed by atoms with E-state index in [-0.39, 0.29) is 6.04 Å². The molecule has 0 aromatic rings. The Hall–Kier alpha value is 0.0600. The molecule has 0 rings (SSSR count). The van der Waals surface area contributed by atoms with Crippen molar-refractivity contribution in [3.05, 3.63) is 0 Å². The van der Waals surface area contributed by atoms with Crippen LogP contribution in [0.5, 0.6) is 0 Å². The molecule has 0 radical (unpaired) electrons. The second kappa shape index (κ2) is 4.94. The molecule has 12 heavy (non-hydrogen) atoms. The first-order valence-electron chi connectivity index (χ1n) is 3.58. The molecule has 2 unspecified atom stereocenters. The smallest absolute Gasteiger partial charge is 0.208 e. The van der Waals surface area contributed by atoms with Gasteiger partial charge in [-0.15, -0.1) is 0 Å². The second-order valence-corrected chi connectivity index (χ2v) is 6.19. The highest BCUT2D eigenvalue weighted by Gasteiger charge is 2.08. The van der Waals surface area contributed by atoms with E-state index >= 15 is 0 Å². The van der Waals surface area contributed by atoms with Gasteiger partial charge < -0.3 is 0 Å². The summed E-state index contributed by atoms with van der Waals surface area (Å²) in [7, 11) is -3.97. The van der Waals surface area contributed by atoms with Gasteiger partial charge in [0.05, 0.1) is 6.26 Å². The van der Waals surface area contributed by atoms with Crippen LogP contribution in [0, 0.1) is 0 Å². The summed E-state index contributed by atoms with van der Waals surface area (Å²) in [6.45, 7) is 1.76. The van der Waals surface area contributed by atoms with Crippen molar-refractivity contribution in [1.82, 2.24) is 4.72 Å². The first kappa shape index (κ1) is 12.1. The number of sulfonamides is 1. The molecular formula is C6H15NO3S2. The van der Waals surface area contributed by atoms with Crippen LogP contribution in [0.25, 0.3) is 0 Å². The average Bonchev–Trinajstić information content (AvgIpc) is 1.79. The highest BCUT2D eigenvalue weighted by Crippen LogP contribution is 1.93. The lowest BCUT2D eigenvalue weighted by molar-refractivity contribution is 0.561. The molecule has 0 fully saturated rings. The third kappa shape index (κ3) is 8.16. The zero-order valence-electron chi connectivity index (χ0n) is 7.53. The number of hydrogen-bond acceptors (Lipinski definition) is 3. The van der Waals surface area contributed by atoms with E-state index < -0.39 is 20.8 Å². The zero-order chi connectivity index (χ0) is 9.78. The number of rotatable bonds is 5. The van der Waals surface area contributed by atoms with Crippen molar-refractivity contribution in [2.45, 2.75) is 19.4 Å². The molecular weight excluding hydrogens is 198 g/mol. The summed E-state index contributed by atoms with van der Waals surface area (Å²) in [5, 5.41) is 0. The van der Waals surface area contributed by atoms with Gasteiger partial charge in [0.15, 0.2) is 0 Å². The standard InChI is InChI=1S/C6H15NO3S2/c1-6(4-5-11(2)8)7-12(3,9)10/h6-7H,4-5H2,1-3H3. The summed E-state index contributed by atoms with van der Waals surface area (Å²) in [6, 6.07) is -0.135. The molecule has 0 spiro atoms. The summed E-state index contributed by atoms with van der Waals surface area (Å²) in [6.07, 6.45) is 3.33. The topological polar surface area (TPSA) is 63.2 Å². The molecule has 1 N–H and O–H groups in total. The maximum absolute atomic E-state index is 10.7. The van der Waals surface area contributed by atoms with Crippen LogP contribution in [0.15, 0.2) is 0 Å². The Balaban J connectivity index is 3.75. The minimum absolute atomic E-state index is 0.135. The van der Waals surface area contributed by atoms with Crippen molar-refractivity contribution in [3.63, 3.8) is 0 Å². The molecule has 0 heterocycles. The van der Waals surface area contributed by atoms with E-state index in [1.54, 1.807) is 13.2 Å². The van der Waals surface area contributed by atoms with Crippen LogP contribution < -0.4 is 4.72 Å². The van der Waals surface area contributed by atoms with Crippen molar-refractivity contribution < 1.29 is 12.6 Å². The van der Waals surface area contributed by atoms with Gasteiger partial charge in [-0.25, -0.2) is 13.1 Å². The van der Waals surface area contributed by atoms with Gasteiger partial charge in [0, 0.05) is 28.9 Å². The van der Waals surface area contributed by atoms with Crippen LogP contribution in [0.3, 0.4) is 0 Å². The largest absolute Gasteiger partial charge is 0.260 e. The lowest BCUT2D eigenvalue weighted by atomic mass is 10.3. The molecule has 4 nitrogen and oxygen atoms in total. The molecule has 0 aliphatic rings. The molecule has 6 heteroatoms. The number of hydrogen-bond donors (Lipinski definition) is 1. The van der Waals surface area contributed by atoms with Gasteiger partial charge in [0.2, 0.25) is 10.0 Å². The summed E-state index contributed by atoms with van der Waals surface area (Å²) in [5.41, 5.74) is 0. The Bertz CT molecular complexity index is 248. The molecule has 0 saturated carbocycles. The first-order chi connectivity index (χ1) is 5.31. The van der Waals surface area contributed by atoms with Crippen LogP contribution in [-0.4, -0.2) is 36.9 Å². The highest BCUT2D eigenvalue weighted by molar-refractivity contribution is 7.88. The minimum Gasteiger partial charge on any atom is -0.260 e. The van der Waals surface area contributed by atoms with E-state index in [1.807, 2.05) is 0 Å². The fourth-order valence-electron chi connectivity index (χ4n) is 0.767. The lowest BCUT2D eigenvalue weighted by Crippen LogP contribution is -2.32. The Morgan fingerprint density at radius 1 is 1.50 bits per heavy atom. The predicted octanol–water partition coefficient (Wildman–Crippen LogP) is -0.307. The monoisotopic (exact) mass is 213 g/mol. The Labute approximate surface area is 76.2 Å². The molecule has 0 bridgehead atoms. The maximum Gasteiger partial charge on any atom is 0.208 e. The van der Waals surface area contributed by atoms with Crippen LogP contribution in [0.4, 0.5) is 0 Å². The number of nitrogens with one attached hydrogen (secondary N) is 1. The predicted molar refractivity (Wildman–Crippen MR) is 51.0 cm³/mol. The Morgan fingerprint density at radius 3 is 2.33 bits per heavy atom. The molecule has 0 amide bonds. The Morgan fingerprint density at radius 2 is 2.00 bits per heavy atom. The van der Waals surface area contributed by atoms with Crippen LogP contribution >= 0.6 is 0 Å². The van der Waals surface area contributed by atoms with Gasteiger partial charge >= 0.3 is 0 Å². The van der Waals surface area contributed by atoms with Gasteiger partial charge in [-0.3, -0.25) is 4.21 Å². The summed E-state index contributed by atoms with van der Waals surface area (Å²) >= 11 is 0. The van der Waals surface area contributed by atoms with Crippen molar-refractivity contribution in [2.24, 2.45) is 0 Å². The van der Waals surface area contributed by atoms with Crippen LogP contribution in [0.2, 0.25) is 0 Å². The van der Waals surface area contributed by atoms with E-state index in [4.69, 9.17) is 0 Å². The third-order valence-electron chi connectivity index (χ3n) is 1.25. The van der Waals surface area contributed by atoms with Crippen molar-refractivity contribution >= 4 is 20.8 Å². The van der Waals surface area contributed by atoms with E-state index in [0.29, 0.717) is 12.2 Å². The second-order valence-electron chi connectivity index (χ2n) is 2.86. The zero-order valence-corrected chi connectivity index (χ0v) is 9.17. The van der Waals surface area contributed by atoms with Crippen molar-refractivity contribution in [1.29, 1.82) is 0 Å². The van der Waals surface area contributed by atoms with Gasteiger partial charge in [0.25, 0.3) is 0 Å². The maximum atomic E-state index is 10.7. The SMILES string of the molecule is CC(CCS(C)=O)NS(C)(=O)=O.